The van der Waals surface area contributed by atoms with Crippen LogP contribution >= 0.6 is 0 Å². The van der Waals surface area contributed by atoms with E-state index in [9.17, 15) is 9.90 Å². The topological polar surface area (TPSA) is 90.8 Å². The number of aromatic nitrogens is 2. The van der Waals surface area contributed by atoms with Gasteiger partial charge in [0.05, 0.1) is 23.4 Å². The molecule has 0 saturated carbocycles. The zero-order chi connectivity index (χ0) is 23.1. The summed E-state index contributed by atoms with van der Waals surface area (Å²) in [7, 11) is 0. The molecule has 33 heavy (non-hydrogen) atoms. The highest BCUT2D eigenvalue weighted by atomic mass is 16.5. The molecule has 2 aromatic rings. The predicted octanol–water partition coefficient (Wildman–Crippen LogP) is 2.50. The van der Waals surface area contributed by atoms with Crippen LogP contribution in [0.25, 0.3) is 0 Å². The van der Waals surface area contributed by atoms with Crippen LogP contribution in [0.4, 0.5) is 11.6 Å². The van der Waals surface area contributed by atoms with Crippen molar-refractivity contribution in [1.82, 2.24) is 14.9 Å². The Morgan fingerprint density at radius 1 is 1.09 bits per heavy atom. The normalized spacial score (nSPS) is 21.7. The number of benzene rings is 1. The van der Waals surface area contributed by atoms with Crippen molar-refractivity contribution < 1.29 is 14.6 Å². The number of amides is 1. The van der Waals surface area contributed by atoms with E-state index in [1.807, 2.05) is 13.0 Å². The Kier molecular flexibility index (Phi) is 5.74. The van der Waals surface area contributed by atoms with E-state index >= 15 is 0 Å². The summed E-state index contributed by atoms with van der Waals surface area (Å²) in [6.07, 6.45) is 6.55. The first-order chi connectivity index (χ1) is 15.8. The minimum Gasteiger partial charge on any atom is -0.489 e. The zero-order valence-corrected chi connectivity index (χ0v) is 19.5. The molecule has 4 heterocycles. The molecule has 0 radical (unpaired) electrons. The van der Waals surface area contributed by atoms with E-state index < -0.39 is 5.60 Å². The van der Waals surface area contributed by atoms with Gasteiger partial charge in [-0.15, -0.1) is 0 Å². The van der Waals surface area contributed by atoms with Gasteiger partial charge in [-0.25, -0.2) is 9.97 Å². The van der Waals surface area contributed by atoms with Crippen LogP contribution in [0.5, 0.6) is 5.75 Å². The highest BCUT2D eigenvalue weighted by molar-refractivity contribution is 6.06. The van der Waals surface area contributed by atoms with E-state index in [0.29, 0.717) is 18.3 Å². The molecular weight excluding hydrogens is 418 g/mol. The first-order valence-electron chi connectivity index (χ1n) is 11.9. The molecule has 8 nitrogen and oxygen atoms in total. The number of fused-ring (bicyclic) bond motifs is 2. The van der Waals surface area contributed by atoms with E-state index in [1.54, 1.807) is 12.4 Å². The molecule has 2 saturated heterocycles. The lowest BCUT2D eigenvalue weighted by atomic mass is 9.73. The van der Waals surface area contributed by atoms with Crippen LogP contribution in [-0.4, -0.2) is 70.8 Å². The summed E-state index contributed by atoms with van der Waals surface area (Å²) in [5, 5.41) is 13.2. The molecule has 8 heteroatoms. The average Bonchev–Trinajstić information content (AvgIpc) is 3.06. The molecule has 0 aliphatic carbocycles. The third-order valence-corrected chi connectivity index (χ3v) is 7.50. The lowest BCUT2D eigenvalue weighted by Crippen LogP contribution is -2.47. The SMILES string of the molecule is Cc1ccc2c(c1)C1(CCN(CCOc3cnc(N4CCC(C)(O)CC4)nc3)CC1)C(=O)N2. The number of rotatable bonds is 5. The van der Waals surface area contributed by atoms with Gasteiger partial charge in [0.2, 0.25) is 11.9 Å². The van der Waals surface area contributed by atoms with Gasteiger partial charge in [0.1, 0.15) is 6.61 Å². The number of piperidine rings is 2. The largest absolute Gasteiger partial charge is 0.489 e. The second-order valence-corrected chi connectivity index (χ2v) is 9.98. The van der Waals surface area contributed by atoms with Gasteiger partial charge >= 0.3 is 0 Å². The highest BCUT2D eigenvalue weighted by Crippen LogP contribution is 2.45. The molecule has 176 valence electrons. The molecule has 3 aliphatic heterocycles. The van der Waals surface area contributed by atoms with Gasteiger partial charge in [-0.05, 0) is 64.3 Å². The van der Waals surface area contributed by atoms with Crippen molar-refractivity contribution in [3.05, 3.63) is 41.7 Å². The van der Waals surface area contributed by atoms with Crippen molar-refractivity contribution in [2.75, 3.05) is 49.5 Å². The maximum atomic E-state index is 12.8. The number of ether oxygens (including phenoxy) is 1. The van der Waals surface area contributed by atoms with Gasteiger partial charge in [0, 0.05) is 25.3 Å². The molecular formula is C25H33N5O3. The maximum Gasteiger partial charge on any atom is 0.235 e. The summed E-state index contributed by atoms with van der Waals surface area (Å²) in [6, 6.07) is 6.25. The van der Waals surface area contributed by atoms with Crippen LogP contribution in [0.15, 0.2) is 30.6 Å². The number of hydrogen-bond acceptors (Lipinski definition) is 7. The fraction of sp³-hybridized carbons (Fsp3) is 0.560. The Labute approximate surface area is 195 Å². The van der Waals surface area contributed by atoms with E-state index in [-0.39, 0.29) is 11.3 Å². The predicted molar refractivity (Wildman–Crippen MR) is 127 cm³/mol. The molecule has 0 atom stereocenters. The number of nitrogens with one attached hydrogen (secondary N) is 1. The highest BCUT2D eigenvalue weighted by Gasteiger charge is 2.48. The molecule has 1 aromatic carbocycles. The van der Waals surface area contributed by atoms with Crippen molar-refractivity contribution in [1.29, 1.82) is 0 Å². The second-order valence-electron chi connectivity index (χ2n) is 9.98. The maximum absolute atomic E-state index is 12.8. The summed E-state index contributed by atoms with van der Waals surface area (Å²) in [6.45, 7) is 8.59. The minimum atomic E-state index is -0.586. The first-order valence-corrected chi connectivity index (χ1v) is 11.9. The van der Waals surface area contributed by atoms with Crippen LogP contribution < -0.4 is 15.0 Å². The molecule has 2 N–H and O–H groups in total. The number of aryl methyl sites for hydroxylation is 1. The van der Waals surface area contributed by atoms with Gasteiger partial charge in [0.25, 0.3) is 0 Å². The van der Waals surface area contributed by atoms with Crippen molar-refractivity contribution in [2.24, 2.45) is 0 Å². The van der Waals surface area contributed by atoms with Crippen molar-refractivity contribution in [3.63, 3.8) is 0 Å². The molecule has 2 fully saturated rings. The number of nitrogens with zero attached hydrogens (tertiary/aromatic N) is 4. The average molecular weight is 452 g/mol. The Morgan fingerprint density at radius 3 is 2.48 bits per heavy atom. The zero-order valence-electron chi connectivity index (χ0n) is 19.5. The van der Waals surface area contributed by atoms with Crippen LogP contribution in [-0.2, 0) is 10.2 Å². The summed E-state index contributed by atoms with van der Waals surface area (Å²) in [4.78, 5) is 26.2. The number of likely N-dealkylation sites (tertiary alicyclic amines) is 1. The molecule has 0 bridgehead atoms. The van der Waals surface area contributed by atoms with Gasteiger partial charge in [-0.2, -0.15) is 0 Å². The monoisotopic (exact) mass is 451 g/mol. The number of carbonyl (C=O) groups is 1. The van der Waals surface area contributed by atoms with Crippen LogP contribution in [0.3, 0.4) is 0 Å². The fourth-order valence-corrected chi connectivity index (χ4v) is 5.21. The third kappa shape index (κ3) is 4.42. The quantitative estimate of drug-likeness (QED) is 0.722. The van der Waals surface area contributed by atoms with Crippen LogP contribution in [0, 0.1) is 6.92 Å². The number of aliphatic hydroxyl groups is 1. The summed E-state index contributed by atoms with van der Waals surface area (Å²) < 4.78 is 5.89. The fourth-order valence-electron chi connectivity index (χ4n) is 5.21. The Balaban J connectivity index is 1.10. The molecule has 1 aromatic heterocycles. The summed E-state index contributed by atoms with van der Waals surface area (Å²) in [5.74, 6) is 1.49. The molecule has 3 aliphatic rings. The van der Waals surface area contributed by atoms with Crippen molar-refractivity contribution >= 4 is 17.5 Å². The van der Waals surface area contributed by atoms with E-state index in [4.69, 9.17) is 4.74 Å². The molecule has 1 spiro atoms. The lowest BCUT2D eigenvalue weighted by Gasteiger charge is -2.38. The Hall–Kier alpha value is -2.71. The second kappa shape index (κ2) is 8.57. The van der Waals surface area contributed by atoms with Gasteiger partial charge in [0.15, 0.2) is 5.75 Å². The minimum absolute atomic E-state index is 0.147. The Bertz CT molecular complexity index is 1010. The first kappa shape index (κ1) is 22.1. The number of anilines is 2. The standard InChI is InChI=1S/C25H33N5O3/c1-18-3-4-21-20(15-18)25(22(31)28-21)7-9-29(10-8-25)13-14-33-19-16-26-23(27-17-19)30-11-5-24(2,32)6-12-30/h3-4,15-17,32H,5-14H2,1-2H3,(H,28,31). The third-order valence-electron chi connectivity index (χ3n) is 7.50. The molecule has 1 amide bonds. The van der Waals surface area contributed by atoms with Crippen molar-refractivity contribution in [2.45, 2.75) is 50.5 Å². The molecule has 5 rings (SSSR count). The van der Waals surface area contributed by atoms with E-state index in [0.717, 1.165) is 69.7 Å². The van der Waals surface area contributed by atoms with Gasteiger partial charge < -0.3 is 20.1 Å². The number of carbonyl (C=O) groups excluding carboxylic acids is 1. The smallest absolute Gasteiger partial charge is 0.235 e. The number of hydrogen-bond donors (Lipinski definition) is 2. The van der Waals surface area contributed by atoms with Crippen molar-refractivity contribution in [3.8, 4) is 5.75 Å². The van der Waals surface area contributed by atoms with Gasteiger partial charge in [-0.1, -0.05) is 17.7 Å². The van der Waals surface area contributed by atoms with E-state index in [1.165, 1.54) is 5.56 Å². The lowest BCUT2D eigenvalue weighted by molar-refractivity contribution is -0.122. The summed E-state index contributed by atoms with van der Waals surface area (Å²) >= 11 is 0. The van der Waals surface area contributed by atoms with E-state index in [2.05, 4.69) is 44.1 Å². The van der Waals surface area contributed by atoms with Crippen LogP contribution in [0.2, 0.25) is 0 Å². The molecule has 0 unspecified atom stereocenters. The van der Waals surface area contributed by atoms with Gasteiger partial charge in [-0.3, -0.25) is 9.69 Å². The summed E-state index contributed by atoms with van der Waals surface area (Å²) in [5.41, 5.74) is 2.36. The Morgan fingerprint density at radius 2 is 1.79 bits per heavy atom. The van der Waals surface area contributed by atoms with Crippen LogP contribution in [0.1, 0.15) is 43.7 Å².